The van der Waals surface area contributed by atoms with Gasteiger partial charge in [0.1, 0.15) is 0 Å². The standard InChI is InChI=1S/C19H33N7O/c1-3-20-18(23-16-17-6-4-9-24(17)14-15-27-2)25-10-12-26(13-11-25)19-21-7-5-8-22-19/h5,7-8,17H,3-4,6,9-16H2,1-2H3,(H,20,23). The van der Waals surface area contributed by atoms with Crippen LogP contribution < -0.4 is 10.2 Å². The van der Waals surface area contributed by atoms with Gasteiger partial charge in [0.25, 0.3) is 0 Å². The first-order valence-corrected chi connectivity index (χ1v) is 10.1. The lowest BCUT2D eigenvalue weighted by atomic mass is 10.2. The Morgan fingerprint density at radius 1 is 1.22 bits per heavy atom. The van der Waals surface area contributed by atoms with Crippen molar-refractivity contribution in [2.24, 2.45) is 4.99 Å². The molecule has 0 bridgehead atoms. The highest BCUT2D eigenvalue weighted by Crippen LogP contribution is 2.17. The Kier molecular flexibility index (Phi) is 7.65. The Morgan fingerprint density at radius 2 is 2.00 bits per heavy atom. The summed E-state index contributed by atoms with van der Waals surface area (Å²) >= 11 is 0. The second-order valence-electron chi connectivity index (χ2n) is 7.04. The van der Waals surface area contributed by atoms with Crippen molar-refractivity contribution in [2.45, 2.75) is 25.8 Å². The van der Waals surface area contributed by atoms with Gasteiger partial charge in [-0.3, -0.25) is 9.89 Å². The Hall–Kier alpha value is -1.93. The zero-order chi connectivity index (χ0) is 18.9. The number of rotatable bonds is 7. The highest BCUT2D eigenvalue weighted by Gasteiger charge is 2.25. The van der Waals surface area contributed by atoms with Crippen molar-refractivity contribution < 1.29 is 4.74 Å². The maximum Gasteiger partial charge on any atom is 0.225 e. The van der Waals surface area contributed by atoms with Gasteiger partial charge in [0, 0.05) is 64.8 Å². The number of nitrogens with one attached hydrogen (secondary N) is 1. The summed E-state index contributed by atoms with van der Waals surface area (Å²) < 4.78 is 5.25. The third kappa shape index (κ3) is 5.52. The fourth-order valence-corrected chi connectivity index (χ4v) is 3.80. The summed E-state index contributed by atoms with van der Waals surface area (Å²) in [6.07, 6.45) is 6.09. The van der Waals surface area contributed by atoms with Gasteiger partial charge in [-0.15, -0.1) is 0 Å². The molecular formula is C19H33N7O. The monoisotopic (exact) mass is 375 g/mol. The van der Waals surface area contributed by atoms with Gasteiger partial charge >= 0.3 is 0 Å². The lowest BCUT2D eigenvalue weighted by Crippen LogP contribution is -2.53. The van der Waals surface area contributed by atoms with Crippen molar-refractivity contribution in [3.05, 3.63) is 18.5 Å². The highest BCUT2D eigenvalue weighted by atomic mass is 16.5. The molecule has 0 spiro atoms. The number of piperazine rings is 1. The van der Waals surface area contributed by atoms with Crippen LogP contribution in [0, 0.1) is 0 Å². The number of methoxy groups -OCH3 is 1. The molecule has 8 heteroatoms. The molecule has 3 heterocycles. The van der Waals surface area contributed by atoms with Crippen molar-refractivity contribution in [3.8, 4) is 0 Å². The molecule has 1 atom stereocenters. The van der Waals surface area contributed by atoms with E-state index in [4.69, 9.17) is 9.73 Å². The molecule has 0 aromatic carbocycles. The van der Waals surface area contributed by atoms with Crippen LogP contribution in [-0.4, -0.2) is 97.8 Å². The largest absolute Gasteiger partial charge is 0.383 e. The van der Waals surface area contributed by atoms with Gasteiger partial charge < -0.3 is 19.9 Å². The molecule has 150 valence electrons. The van der Waals surface area contributed by atoms with E-state index in [-0.39, 0.29) is 0 Å². The molecule has 0 aliphatic carbocycles. The van der Waals surface area contributed by atoms with Crippen molar-refractivity contribution in [1.82, 2.24) is 25.1 Å². The number of likely N-dealkylation sites (tertiary alicyclic amines) is 1. The maximum atomic E-state index is 5.25. The second kappa shape index (κ2) is 10.4. The van der Waals surface area contributed by atoms with Crippen molar-refractivity contribution in [2.75, 3.05) is 71.0 Å². The normalized spacial score (nSPS) is 21.7. The van der Waals surface area contributed by atoms with Crippen molar-refractivity contribution in [1.29, 1.82) is 0 Å². The van der Waals surface area contributed by atoms with Crippen LogP contribution in [0.1, 0.15) is 19.8 Å². The van der Waals surface area contributed by atoms with Crippen molar-refractivity contribution in [3.63, 3.8) is 0 Å². The summed E-state index contributed by atoms with van der Waals surface area (Å²) in [5.41, 5.74) is 0. The first kappa shape index (κ1) is 19.8. The predicted molar refractivity (Wildman–Crippen MR) is 108 cm³/mol. The quantitative estimate of drug-likeness (QED) is 0.555. The summed E-state index contributed by atoms with van der Waals surface area (Å²) in [6.45, 7) is 10.5. The van der Waals surface area contributed by atoms with Gasteiger partial charge in [0.05, 0.1) is 13.2 Å². The lowest BCUT2D eigenvalue weighted by molar-refractivity contribution is 0.142. The number of nitrogens with zero attached hydrogens (tertiary/aromatic N) is 6. The highest BCUT2D eigenvalue weighted by molar-refractivity contribution is 5.80. The first-order valence-electron chi connectivity index (χ1n) is 10.1. The molecule has 0 radical (unpaired) electrons. The van der Waals surface area contributed by atoms with E-state index < -0.39 is 0 Å². The van der Waals surface area contributed by atoms with Crippen LogP contribution in [0.2, 0.25) is 0 Å². The Balaban J connectivity index is 1.55. The van der Waals surface area contributed by atoms with Crippen LogP contribution in [0.5, 0.6) is 0 Å². The molecule has 1 aromatic rings. The van der Waals surface area contributed by atoms with Crippen LogP contribution in [0.3, 0.4) is 0 Å². The fourth-order valence-electron chi connectivity index (χ4n) is 3.80. The third-order valence-corrected chi connectivity index (χ3v) is 5.28. The van der Waals surface area contributed by atoms with Gasteiger partial charge in [-0.05, 0) is 32.4 Å². The number of anilines is 1. The lowest BCUT2D eigenvalue weighted by Gasteiger charge is -2.36. The number of guanidine groups is 1. The van der Waals surface area contributed by atoms with Crippen LogP contribution in [-0.2, 0) is 4.74 Å². The van der Waals surface area contributed by atoms with Gasteiger partial charge in [-0.1, -0.05) is 0 Å². The maximum absolute atomic E-state index is 5.25. The smallest absolute Gasteiger partial charge is 0.225 e. The van der Waals surface area contributed by atoms with Crippen LogP contribution in [0.25, 0.3) is 0 Å². The average Bonchev–Trinajstić information content (AvgIpc) is 3.17. The summed E-state index contributed by atoms with van der Waals surface area (Å²) in [4.78, 5) is 20.8. The van der Waals surface area contributed by atoms with E-state index in [9.17, 15) is 0 Å². The SMILES string of the molecule is CCNC(=NCC1CCCN1CCOC)N1CCN(c2ncccn2)CC1. The molecule has 2 fully saturated rings. The minimum absolute atomic E-state index is 0.535. The zero-order valence-corrected chi connectivity index (χ0v) is 16.7. The van der Waals surface area contributed by atoms with E-state index >= 15 is 0 Å². The van der Waals surface area contributed by atoms with Crippen LogP contribution in [0.15, 0.2) is 23.5 Å². The van der Waals surface area contributed by atoms with Crippen LogP contribution in [0.4, 0.5) is 5.95 Å². The third-order valence-electron chi connectivity index (χ3n) is 5.28. The number of aromatic nitrogens is 2. The number of ether oxygens (including phenoxy) is 1. The fraction of sp³-hybridized carbons (Fsp3) is 0.737. The van der Waals surface area contributed by atoms with E-state index in [0.29, 0.717) is 6.04 Å². The Morgan fingerprint density at radius 3 is 2.70 bits per heavy atom. The molecule has 8 nitrogen and oxygen atoms in total. The molecule has 0 amide bonds. The molecule has 2 aliphatic heterocycles. The first-order chi connectivity index (χ1) is 13.3. The van der Waals surface area contributed by atoms with Gasteiger partial charge in [0.2, 0.25) is 5.95 Å². The van der Waals surface area contributed by atoms with Crippen molar-refractivity contribution >= 4 is 11.9 Å². The van der Waals surface area contributed by atoms with E-state index in [1.54, 1.807) is 19.5 Å². The summed E-state index contributed by atoms with van der Waals surface area (Å²) in [5, 5.41) is 3.47. The van der Waals surface area contributed by atoms with Crippen LogP contribution >= 0.6 is 0 Å². The van der Waals surface area contributed by atoms with Gasteiger partial charge in [-0.2, -0.15) is 0 Å². The topological polar surface area (TPSA) is 69.1 Å². The molecule has 2 aliphatic rings. The average molecular weight is 376 g/mol. The number of aliphatic imine (C=N–C) groups is 1. The van der Waals surface area contributed by atoms with Gasteiger partial charge in [0.15, 0.2) is 5.96 Å². The molecule has 1 N–H and O–H groups in total. The number of hydrogen-bond donors (Lipinski definition) is 1. The molecule has 0 saturated carbocycles. The molecular weight excluding hydrogens is 342 g/mol. The molecule has 27 heavy (non-hydrogen) atoms. The van der Waals surface area contributed by atoms with Gasteiger partial charge in [-0.25, -0.2) is 9.97 Å². The summed E-state index contributed by atoms with van der Waals surface area (Å²) in [5.74, 6) is 1.85. The Bertz CT molecular complexity index is 575. The molecule has 3 rings (SSSR count). The van der Waals surface area contributed by atoms with E-state index in [1.165, 1.54) is 12.8 Å². The minimum atomic E-state index is 0.535. The zero-order valence-electron chi connectivity index (χ0n) is 16.7. The van der Waals surface area contributed by atoms with E-state index in [1.807, 2.05) is 6.07 Å². The summed E-state index contributed by atoms with van der Waals surface area (Å²) in [7, 11) is 1.77. The van der Waals surface area contributed by atoms with E-state index in [2.05, 4.69) is 36.9 Å². The number of hydrogen-bond acceptors (Lipinski definition) is 6. The van der Waals surface area contributed by atoms with E-state index in [0.717, 1.165) is 70.9 Å². The predicted octanol–water partition coefficient (Wildman–Crippen LogP) is 0.675. The molecule has 1 aromatic heterocycles. The summed E-state index contributed by atoms with van der Waals surface area (Å²) in [6, 6.07) is 2.39. The minimum Gasteiger partial charge on any atom is -0.383 e. The molecule has 2 saturated heterocycles. The molecule has 1 unspecified atom stereocenters. The second-order valence-corrected chi connectivity index (χ2v) is 7.04. The Labute approximate surface area is 162 Å².